The van der Waals surface area contributed by atoms with Crippen molar-refractivity contribution in [3.8, 4) is 0 Å². The third kappa shape index (κ3) is 4.39. The Morgan fingerprint density at radius 2 is 2.00 bits per heavy atom. The van der Waals surface area contributed by atoms with Crippen molar-refractivity contribution in [3.05, 3.63) is 76.4 Å². The third-order valence-electron chi connectivity index (χ3n) is 7.28. The number of anilines is 1. The minimum atomic E-state index is -4.56. The summed E-state index contributed by atoms with van der Waals surface area (Å²) in [6.07, 6.45) is -0.468. The number of carbonyl (C=O) groups excluding carboxylic acids is 1. The zero-order valence-corrected chi connectivity index (χ0v) is 20.4. The number of alkyl halides is 3. The largest absolute Gasteiger partial charge is 0.416 e. The van der Waals surface area contributed by atoms with Crippen LogP contribution in [0.2, 0.25) is 0 Å². The lowest BCUT2D eigenvalue weighted by atomic mass is 9.78. The number of hydrogen-bond donors (Lipinski definition) is 1. The van der Waals surface area contributed by atoms with E-state index in [2.05, 4.69) is 22.4 Å². The number of hydrogen-bond acceptors (Lipinski definition) is 5. The summed E-state index contributed by atoms with van der Waals surface area (Å²) in [5, 5.41) is 11.4. The molecule has 1 amide bonds. The highest BCUT2D eigenvalue weighted by atomic mass is 19.4. The second-order valence-corrected chi connectivity index (χ2v) is 9.84. The number of halogens is 3. The van der Waals surface area contributed by atoms with Crippen LogP contribution in [0.15, 0.2) is 42.7 Å². The number of methoxy groups -OCH3 is 1. The molecule has 3 aromatic rings. The number of carbonyl (C=O) groups is 1. The Balaban J connectivity index is 1.47. The third-order valence-corrected chi connectivity index (χ3v) is 7.28. The fraction of sp³-hybridized carbons (Fsp3) is 0.423. The Kier molecular flexibility index (Phi) is 6.12. The molecule has 1 aromatic heterocycles. The van der Waals surface area contributed by atoms with Crippen molar-refractivity contribution in [3.63, 3.8) is 0 Å². The summed E-state index contributed by atoms with van der Waals surface area (Å²) >= 11 is 0. The van der Waals surface area contributed by atoms with Gasteiger partial charge in [-0.1, -0.05) is 12.1 Å². The highest BCUT2D eigenvalue weighted by Crippen LogP contribution is 2.40. The molecule has 7 nitrogen and oxygen atoms in total. The van der Waals surface area contributed by atoms with Crippen LogP contribution in [-0.2, 0) is 31.1 Å². The minimum absolute atomic E-state index is 0.00750. The van der Waals surface area contributed by atoms with Gasteiger partial charge in [-0.2, -0.15) is 13.2 Å². The maximum atomic E-state index is 14.1. The highest BCUT2D eigenvalue weighted by Gasteiger charge is 2.41. The van der Waals surface area contributed by atoms with Crippen molar-refractivity contribution >= 4 is 11.6 Å². The summed E-state index contributed by atoms with van der Waals surface area (Å²) < 4.78 is 49.5. The van der Waals surface area contributed by atoms with Gasteiger partial charge in [-0.3, -0.25) is 4.79 Å². The van der Waals surface area contributed by atoms with Crippen molar-refractivity contribution in [1.29, 1.82) is 0 Å². The predicted octanol–water partition coefficient (Wildman–Crippen LogP) is 4.76. The lowest BCUT2D eigenvalue weighted by molar-refractivity contribution is -0.138. The highest BCUT2D eigenvalue weighted by molar-refractivity contribution is 6.10. The van der Waals surface area contributed by atoms with Crippen LogP contribution < -0.4 is 10.2 Å². The first-order chi connectivity index (χ1) is 17.1. The van der Waals surface area contributed by atoms with E-state index >= 15 is 0 Å². The molecule has 1 fully saturated rings. The van der Waals surface area contributed by atoms with Gasteiger partial charge in [-0.05, 0) is 67.1 Å². The Morgan fingerprint density at radius 1 is 1.22 bits per heavy atom. The van der Waals surface area contributed by atoms with Crippen LogP contribution in [-0.4, -0.2) is 33.3 Å². The topological polar surface area (TPSA) is 72.3 Å². The Bertz CT molecular complexity index is 1300. The quantitative estimate of drug-likeness (QED) is 0.508. The number of benzene rings is 2. The normalized spacial score (nSPS) is 17.7. The molecule has 0 saturated heterocycles. The lowest BCUT2D eigenvalue weighted by Crippen LogP contribution is -2.47. The summed E-state index contributed by atoms with van der Waals surface area (Å²) in [5.41, 5.74) is 0.957. The molecule has 1 saturated carbocycles. The zero-order valence-electron chi connectivity index (χ0n) is 20.4. The first kappa shape index (κ1) is 24.5. The smallest absolute Gasteiger partial charge is 0.369 e. The summed E-state index contributed by atoms with van der Waals surface area (Å²) in [6.45, 7) is 2.20. The van der Waals surface area contributed by atoms with Gasteiger partial charge in [-0.25, -0.2) is 0 Å². The summed E-state index contributed by atoms with van der Waals surface area (Å²) in [4.78, 5) is 14.8. The number of rotatable bonds is 7. The number of ether oxygens (including phenoxy) is 1. The molecule has 10 heteroatoms. The summed E-state index contributed by atoms with van der Waals surface area (Å²) in [6, 6.07) is 9.82. The number of aryl methyl sites for hydroxylation is 1. The van der Waals surface area contributed by atoms with Crippen LogP contribution in [0.5, 0.6) is 0 Å². The molecule has 0 unspecified atom stereocenters. The number of nitrogens with one attached hydrogen (secondary N) is 1. The predicted molar refractivity (Wildman–Crippen MR) is 127 cm³/mol. The van der Waals surface area contributed by atoms with E-state index in [1.807, 2.05) is 6.07 Å². The average Bonchev–Trinajstić information content (AvgIpc) is 3.39. The van der Waals surface area contributed by atoms with Crippen LogP contribution in [0.1, 0.15) is 70.7 Å². The van der Waals surface area contributed by atoms with E-state index in [0.717, 1.165) is 19.3 Å². The molecule has 5 rings (SSSR count). The number of aromatic nitrogens is 3. The van der Waals surface area contributed by atoms with E-state index in [0.29, 0.717) is 22.6 Å². The van der Waals surface area contributed by atoms with Gasteiger partial charge in [0.1, 0.15) is 12.4 Å². The van der Waals surface area contributed by atoms with Gasteiger partial charge >= 0.3 is 6.18 Å². The molecule has 2 aromatic carbocycles. The van der Waals surface area contributed by atoms with Crippen LogP contribution in [0.4, 0.5) is 18.9 Å². The molecule has 0 bridgehead atoms. The molecule has 0 radical (unpaired) electrons. The Hall–Kier alpha value is -3.24. The van der Waals surface area contributed by atoms with Gasteiger partial charge in [0, 0.05) is 37.5 Å². The Morgan fingerprint density at radius 3 is 2.61 bits per heavy atom. The molecule has 1 aliphatic heterocycles. The second-order valence-electron chi connectivity index (χ2n) is 9.84. The summed E-state index contributed by atoms with van der Waals surface area (Å²) in [5.74, 6) is 0.124. The Labute approximate surface area is 207 Å². The van der Waals surface area contributed by atoms with E-state index < -0.39 is 23.8 Å². The van der Waals surface area contributed by atoms with E-state index in [4.69, 9.17) is 4.74 Å². The van der Waals surface area contributed by atoms with Crippen molar-refractivity contribution in [2.45, 2.75) is 57.1 Å². The molecule has 1 N–H and O–H groups in total. The first-order valence-corrected chi connectivity index (χ1v) is 11.9. The van der Waals surface area contributed by atoms with Crippen LogP contribution in [0, 0.1) is 0 Å². The standard InChI is InChI=1S/C26H28F3N5O2/c1-25(8-5-9-25)30-13-16-10-19-20(21(11-16)26(27,28)29)14-34(24(19)35)18-7-4-6-17(12-18)22(36-3)23-32-31-15-33(23)2/h4,6-7,10-12,15,22,30H,5,8-9,13-14H2,1-3H3/t22-/m0/s1. The van der Waals surface area contributed by atoms with E-state index in [1.165, 1.54) is 18.1 Å². The molecule has 36 heavy (non-hydrogen) atoms. The van der Waals surface area contributed by atoms with Gasteiger partial charge in [0.25, 0.3) is 5.91 Å². The molecule has 0 spiro atoms. The van der Waals surface area contributed by atoms with E-state index in [9.17, 15) is 18.0 Å². The van der Waals surface area contributed by atoms with Gasteiger partial charge in [-0.15, -0.1) is 10.2 Å². The summed E-state index contributed by atoms with van der Waals surface area (Å²) in [7, 11) is 3.33. The maximum absolute atomic E-state index is 14.1. The second kappa shape index (κ2) is 9.01. The van der Waals surface area contributed by atoms with Crippen molar-refractivity contribution in [2.75, 3.05) is 12.0 Å². The molecule has 1 atom stereocenters. The fourth-order valence-corrected chi connectivity index (χ4v) is 5.01. The molecular formula is C26H28F3N5O2. The molecule has 2 heterocycles. The lowest BCUT2D eigenvalue weighted by Gasteiger charge is -2.39. The van der Waals surface area contributed by atoms with Crippen LogP contribution in [0.25, 0.3) is 0 Å². The van der Waals surface area contributed by atoms with Crippen molar-refractivity contribution in [1.82, 2.24) is 20.1 Å². The zero-order chi connectivity index (χ0) is 25.7. The first-order valence-electron chi connectivity index (χ1n) is 11.9. The number of fused-ring (bicyclic) bond motifs is 1. The van der Waals surface area contributed by atoms with Crippen molar-refractivity contribution < 1.29 is 22.7 Å². The van der Waals surface area contributed by atoms with Crippen LogP contribution in [0.3, 0.4) is 0 Å². The number of nitrogens with zero attached hydrogens (tertiary/aromatic N) is 4. The van der Waals surface area contributed by atoms with E-state index in [-0.39, 0.29) is 29.8 Å². The maximum Gasteiger partial charge on any atom is 0.416 e. The average molecular weight is 500 g/mol. The van der Waals surface area contributed by atoms with Gasteiger partial charge in [0.15, 0.2) is 5.82 Å². The fourth-order valence-electron chi connectivity index (χ4n) is 5.01. The van der Waals surface area contributed by atoms with Gasteiger partial charge < -0.3 is 19.5 Å². The van der Waals surface area contributed by atoms with Crippen molar-refractivity contribution in [2.24, 2.45) is 7.05 Å². The molecular weight excluding hydrogens is 471 g/mol. The monoisotopic (exact) mass is 499 g/mol. The van der Waals surface area contributed by atoms with Crippen LogP contribution >= 0.6 is 0 Å². The SMILES string of the molecule is CO[C@@H](c1cccc(N2Cc3c(cc(CNC4(C)CCC4)cc3C(F)(F)F)C2=O)c1)c1nncn1C. The molecule has 2 aliphatic rings. The van der Waals surface area contributed by atoms with E-state index in [1.54, 1.807) is 42.2 Å². The minimum Gasteiger partial charge on any atom is -0.369 e. The molecule has 1 aliphatic carbocycles. The molecule has 190 valence electrons. The number of amides is 1. The van der Waals surface area contributed by atoms with Gasteiger partial charge in [0.2, 0.25) is 0 Å². The van der Waals surface area contributed by atoms with Gasteiger partial charge in [0.05, 0.1) is 12.1 Å².